The van der Waals surface area contributed by atoms with Crippen molar-refractivity contribution in [3.8, 4) is 11.5 Å². The maximum Gasteiger partial charge on any atom is 0.150 e. The summed E-state index contributed by atoms with van der Waals surface area (Å²) in [7, 11) is 1.56. The van der Waals surface area contributed by atoms with Crippen molar-refractivity contribution in [3.05, 3.63) is 58.7 Å². The van der Waals surface area contributed by atoms with E-state index >= 15 is 0 Å². The van der Waals surface area contributed by atoms with E-state index in [1.54, 1.807) is 19.2 Å². The summed E-state index contributed by atoms with van der Waals surface area (Å²) in [4.78, 5) is 11.8. The number of carbonyl (C=O) groups excluding carboxylic acids is 1. The predicted molar refractivity (Wildman–Crippen MR) is 122 cm³/mol. The third-order valence-electron chi connectivity index (χ3n) is 5.72. The molecule has 4 nitrogen and oxygen atoms in total. The Morgan fingerprint density at radius 2 is 1.63 bits per heavy atom. The van der Waals surface area contributed by atoms with Crippen molar-refractivity contribution in [2.75, 3.05) is 13.7 Å². The Balaban J connectivity index is 2.11. The molecule has 0 saturated carbocycles. The van der Waals surface area contributed by atoms with Crippen molar-refractivity contribution in [1.29, 1.82) is 0 Å². The molecular formula is C26H36O4. The minimum Gasteiger partial charge on any atom is -0.497 e. The van der Waals surface area contributed by atoms with Crippen LogP contribution in [0.5, 0.6) is 11.5 Å². The molecule has 2 aromatic rings. The van der Waals surface area contributed by atoms with Gasteiger partial charge in [0.25, 0.3) is 0 Å². The summed E-state index contributed by atoms with van der Waals surface area (Å²) in [6, 6.07) is 11.6. The van der Waals surface area contributed by atoms with Crippen LogP contribution in [0.2, 0.25) is 0 Å². The van der Waals surface area contributed by atoms with Crippen LogP contribution in [-0.2, 0) is 12.0 Å². The average molecular weight is 413 g/mol. The van der Waals surface area contributed by atoms with Gasteiger partial charge in [-0.05, 0) is 47.4 Å². The number of rotatable bonds is 13. The lowest BCUT2D eigenvalue weighted by molar-refractivity contribution is 0.112. The zero-order valence-electron chi connectivity index (χ0n) is 18.9. The highest BCUT2D eigenvalue weighted by Gasteiger charge is 2.29. The predicted octanol–water partition coefficient (Wildman–Crippen LogP) is 6.07. The van der Waals surface area contributed by atoms with Gasteiger partial charge in [0.05, 0.1) is 20.3 Å². The van der Waals surface area contributed by atoms with E-state index in [4.69, 9.17) is 9.47 Å². The smallest absolute Gasteiger partial charge is 0.150 e. The number of hydrogen-bond acceptors (Lipinski definition) is 4. The lowest BCUT2D eigenvalue weighted by Gasteiger charge is -2.30. The maximum atomic E-state index is 11.8. The summed E-state index contributed by atoms with van der Waals surface area (Å²) in [6.45, 7) is 6.93. The molecule has 0 bridgehead atoms. The van der Waals surface area contributed by atoms with Gasteiger partial charge in [0.2, 0.25) is 0 Å². The van der Waals surface area contributed by atoms with Gasteiger partial charge in [-0.15, -0.1) is 0 Å². The zero-order valence-corrected chi connectivity index (χ0v) is 18.9. The molecule has 2 rings (SSSR count). The second-order valence-electron chi connectivity index (χ2n) is 8.29. The first kappa shape index (κ1) is 23.9. The van der Waals surface area contributed by atoms with E-state index in [9.17, 15) is 9.90 Å². The third-order valence-corrected chi connectivity index (χ3v) is 5.72. The van der Waals surface area contributed by atoms with Crippen LogP contribution in [0.1, 0.15) is 86.3 Å². The molecule has 30 heavy (non-hydrogen) atoms. The number of hydrogen-bond donors (Lipinski definition) is 1. The average Bonchev–Trinajstić information content (AvgIpc) is 2.77. The summed E-state index contributed by atoms with van der Waals surface area (Å²) in [6.07, 6.45) is 8.28. The first-order valence-electron chi connectivity index (χ1n) is 11.0. The van der Waals surface area contributed by atoms with E-state index in [0.717, 1.165) is 36.2 Å². The fourth-order valence-electron chi connectivity index (χ4n) is 3.98. The highest BCUT2D eigenvalue weighted by molar-refractivity contribution is 5.80. The van der Waals surface area contributed by atoms with Gasteiger partial charge in [-0.1, -0.05) is 65.0 Å². The van der Waals surface area contributed by atoms with Gasteiger partial charge in [-0.2, -0.15) is 0 Å². The molecule has 164 valence electrons. The Labute approximate surface area is 181 Å². The van der Waals surface area contributed by atoms with Gasteiger partial charge in [-0.3, -0.25) is 4.79 Å². The molecule has 0 spiro atoms. The monoisotopic (exact) mass is 412 g/mol. The van der Waals surface area contributed by atoms with Gasteiger partial charge in [0.1, 0.15) is 11.5 Å². The molecule has 0 unspecified atom stereocenters. The number of ether oxygens (including phenoxy) is 2. The molecule has 0 radical (unpaired) electrons. The van der Waals surface area contributed by atoms with E-state index < -0.39 is 5.41 Å². The number of unbranched alkanes of at least 4 members (excludes halogenated alkanes) is 5. The van der Waals surface area contributed by atoms with E-state index in [0.29, 0.717) is 16.9 Å². The van der Waals surface area contributed by atoms with E-state index in [1.807, 2.05) is 24.3 Å². The SMILES string of the molecule is CCCCCCCCOc1ccc(C(C)(C)c2c(C=O)cc(OC)cc2CO)cc1. The lowest BCUT2D eigenvalue weighted by Crippen LogP contribution is -2.23. The number of benzene rings is 2. The normalized spacial score (nSPS) is 11.4. The van der Waals surface area contributed by atoms with E-state index in [1.165, 1.54) is 32.1 Å². The standard InChI is InChI=1S/C26H36O4/c1-5-6-7-8-9-10-15-30-23-13-11-22(12-14-23)26(2,3)25-20(18-27)16-24(29-4)17-21(25)19-28/h11-14,16-18,28H,5-10,15,19H2,1-4H3. The van der Waals surface area contributed by atoms with Crippen LogP contribution >= 0.6 is 0 Å². The molecule has 0 heterocycles. The molecule has 0 aromatic heterocycles. The molecule has 0 fully saturated rings. The molecule has 4 heteroatoms. The van der Waals surface area contributed by atoms with Crippen LogP contribution in [0.3, 0.4) is 0 Å². The van der Waals surface area contributed by atoms with E-state index in [2.05, 4.69) is 20.8 Å². The Morgan fingerprint density at radius 3 is 2.23 bits per heavy atom. The first-order valence-corrected chi connectivity index (χ1v) is 11.0. The summed E-state index contributed by atoms with van der Waals surface area (Å²) < 4.78 is 11.2. The topological polar surface area (TPSA) is 55.8 Å². The Kier molecular flexibility index (Phi) is 9.38. The molecule has 1 N–H and O–H groups in total. The molecular weight excluding hydrogens is 376 g/mol. The Hall–Kier alpha value is -2.33. The van der Waals surface area contributed by atoms with Gasteiger partial charge >= 0.3 is 0 Å². The van der Waals surface area contributed by atoms with Gasteiger partial charge in [0.15, 0.2) is 6.29 Å². The summed E-state index contributed by atoms with van der Waals surface area (Å²) in [5, 5.41) is 9.91. The number of aliphatic hydroxyl groups is 1. The van der Waals surface area contributed by atoms with Crippen LogP contribution in [0.4, 0.5) is 0 Å². The molecule has 0 aliphatic heterocycles. The quantitative estimate of drug-likeness (QED) is 0.321. The molecule has 0 aliphatic carbocycles. The van der Waals surface area contributed by atoms with Crippen LogP contribution < -0.4 is 9.47 Å². The number of carbonyl (C=O) groups is 1. The zero-order chi connectivity index (χ0) is 22.0. The van der Waals surface area contributed by atoms with Gasteiger partial charge < -0.3 is 14.6 Å². The minimum atomic E-state index is -0.460. The van der Waals surface area contributed by atoms with Crippen molar-refractivity contribution in [1.82, 2.24) is 0 Å². The first-order chi connectivity index (χ1) is 14.5. The Morgan fingerprint density at radius 1 is 0.967 bits per heavy atom. The summed E-state index contributed by atoms with van der Waals surface area (Å²) in [5.41, 5.74) is 2.65. The molecule has 0 atom stereocenters. The highest BCUT2D eigenvalue weighted by Crippen LogP contribution is 2.38. The highest BCUT2D eigenvalue weighted by atomic mass is 16.5. The minimum absolute atomic E-state index is 0.156. The second kappa shape index (κ2) is 11.8. The van der Waals surface area contributed by atoms with Gasteiger partial charge in [-0.25, -0.2) is 0 Å². The molecule has 0 amide bonds. The lowest BCUT2D eigenvalue weighted by atomic mass is 9.74. The van der Waals surface area contributed by atoms with Crippen LogP contribution in [-0.4, -0.2) is 25.1 Å². The third kappa shape index (κ3) is 6.09. The second-order valence-corrected chi connectivity index (χ2v) is 8.29. The van der Waals surface area contributed by atoms with Crippen molar-refractivity contribution < 1.29 is 19.4 Å². The van der Waals surface area contributed by atoms with Crippen LogP contribution in [0, 0.1) is 0 Å². The van der Waals surface area contributed by atoms with Crippen molar-refractivity contribution in [2.24, 2.45) is 0 Å². The fourth-order valence-corrected chi connectivity index (χ4v) is 3.98. The molecule has 0 aliphatic rings. The molecule has 0 saturated heterocycles. The Bertz CT molecular complexity index is 793. The van der Waals surface area contributed by atoms with E-state index in [-0.39, 0.29) is 6.61 Å². The number of methoxy groups -OCH3 is 1. The van der Waals surface area contributed by atoms with Crippen molar-refractivity contribution in [3.63, 3.8) is 0 Å². The largest absolute Gasteiger partial charge is 0.497 e. The van der Waals surface area contributed by atoms with Crippen LogP contribution in [0.15, 0.2) is 36.4 Å². The summed E-state index contributed by atoms with van der Waals surface area (Å²) in [5.74, 6) is 1.43. The van der Waals surface area contributed by atoms with Crippen LogP contribution in [0.25, 0.3) is 0 Å². The summed E-state index contributed by atoms with van der Waals surface area (Å²) >= 11 is 0. The maximum absolute atomic E-state index is 11.8. The molecule has 2 aromatic carbocycles. The van der Waals surface area contributed by atoms with Crippen molar-refractivity contribution >= 4 is 6.29 Å². The number of aliphatic hydroxyl groups excluding tert-OH is 1. The van der Waals surface area contributed by atoms with Crippen molar-refractivity contribution in [2.45, 2.75) is 71.3 Å². The fraction of sp³-hybridized carbons (Fsp3) is 0.500. The number of aldehydes is 1. The van der Waals surface area contributed by atoms with Gasteiger partial charge in [0, 0.05) is 11.0 Å².